The van der Waals surface area contributed by atoms with Crippen molar-refractivity contribution < 1.29 is 4.74 Å². The lowest BCUT2D eigenvalue weighted by atomic mass is 10.2. The van der Waals surface area contributed by atoms with Crippen molar-refractivity contribution in [1.82, 2.24) is 23.1 Å². The predicted molar refractivity (Wildman–Crippen MR) is 117 cm³/mol. The molecular weight excluding hydrogens is 382 g/mol. The first-order chi connectivity index (χ1) is 14.2. The van der Waals surface area contributed by atoms with Gasteiger partial charge in [-0.05, 0) is 45.4 Å². The van der Waals surface area contributed by atoms with Gasteiger partial charge in [0.1, 0.15) is 5.75 Å². The number of ether oxygens (including phenoxy) is 1. The van der Waals surface area contributed by atoms with Crippen LogP contribution in [0.4, 0.5) is 0 Å². The summed E-state index contributed by atoms with van der Waals surface area (Å²) in [5, 5.41) is 0. The Morgan fingerprint density at radius 1 is 1.17 bits per heavy atom. The smallest absolute Gasteiger partial charge is 0.333 e. The minimum Gasteiger partial charge on any atom is -0.495 e. The van der Waals surface area contributed by atoms with Gasteiger partial charge in [-0.2, -0.15) is 4.98 Å². The van der Waals surface area contributed by atoms with Crippen LogP contribution >= 0.6 is 0 Å². The third-order valence-corrected chi connectivity index (χ3v) is 5.79. The zero-order valence-electron chi connectivity index (χ0n) is 18.1. The van der Waals surface area contributed by atoms with Gasteiger partial charge < -0.3 is 4.74 Å². The van der Waals surface area contributed by atoms with E-state index in [9.17, 15) is 9.59 Å². The van der Waals surface area contributed by atoms with Gasteiger partial charge in [0.05, 0.1) is 18.8 Å². The van der Waals surface area contributed by atoms with Crippen LogP contribution in [0.2, 0.25) is 0 Å². The molecule has 30 heavy (non-hydrogen) atoms. The van der Waals surface area contributed by atoms with Gasteiger partial charge in [0.2, 0.25) is 5.78 Å². The normalized spacial score (nSPS) is 12.6. The number of imidazole rings is 2. The summed E-state index contributed by atoms with van der Waals surface area (Å²) in [7, 11) is 3.25. The molecule has 0 N–H and O–H groups in total. The van der Waals surface area contributed by atoms with Crippen LogP contribution in [0.3, 0.4) is 0 Å². The van der Waals surface area contributed by atoms with Crippen LogP contribution in [-0.4, -0.2) is 30.2 Å². The highest BCUT2D eigenvalue weighted by Crippen LogP contribution is 2.30. The Labute approximate surface area is 173 Å². The van der Waals surface area contributed by atoms with Crippen molar-refractivity contribution >= 4 is 16.9 Å². The first-order valence-corrected chi connectivity index (χ1v) is 9.72. The Hall–Kier alpha value is -3.55. The van der Waals surface area contributed by atoms with Crippen molar-refractivity contribution in [2.45, 2.75) is 33.7 Å². The van der Waals surface area contributed by atoms with Crippen molar-refractivity contribution in [1.29, 1.82) is 0 Å². The lowest BCUT2D eigenvalue weighted by Crippen LogP contribution is -2.40. The summed E-state index contributed by atoms with van der Waals surface area (Å²) in [6.45, 7) is 11.4. The number of aryl methyl sites for hydroxylation is 3. The van der Waals surface area contributed by atoms with Crippen LogP contribution in [0, 0.1) is 20.8 Å². The van der Waals surface area contributed by atoms with Crippen LogP contribution in [0.25, 0.3) is 22.6 Å². The third-order valence-electron chi connectivity index (χ3n) is 5.79. The van der Waals surface area contributed by atoms with Crippen molar-refractivity contribution in [3.8, 4) is 11.4 Å². The van der Waals surface area contributed by atoms with Gasteiger partial charge in [-0.3, -0.25) is 22.9 Å². The molecule has 1 aromatic carbocycles. The van der Waals surface area contributed by atoms with Gasteiger partial charge >= 0.3 is 5.69 Å². The zero-order chi connectivity index (χ0) is 21.9. The maximum Gasteiger partial charge on any atom is 0.333 e. The van der Waals surface area contributed by atoms with Gasteiger partial charge in [-0.25, -0.2) is 4.79 Å². The summed E-state index contributed by atoms with van der Waals surface area (Å²) < 4.78 is 12.0. The molecule has 0 bridgehead atoms. The summed E-state index contributed by atoms with van der Waals surface area (Å²) in [6, 6.07) is 5.47. The number of nitrogens with zero attached hydrogens (tertiary/aromatic N) is 5. The van der Waals surface area contributed by atoms with E-state index >= 15 is 0 Å². The van der Waals surface area contributed by atoms with Crippen molar-refractivity contribution in [2.75, 3.05) is 7.11 Å². The molecule has 8 nitrogen and oxygen atoms in total. The molecule has 0 saturated heterocycles. The van der Waals surface area contributed by atoms with Gasteiger partial charge in [0, 0.05) is 18.4 Å². The molecule has 0 amide bonds. The average Bonchev–Trinajstić information content (AvgIpc) is 3.22. The second kappa shape index (κ2) is 6.76. The highest BCUT2D eigenvalue weighted by Gasteiger charge is 2.25. The quantitative estimate of drug-likeness (QED) is 0.488. The SMILES string of the molecule is C=C[C@H](C)n1c(=O)c2c(nc3n(-c4cc(C)ccc4OC)c(C)c(C)n23)n(C)c1=O. The van der Waals surface area contributed by atoms with E-state index < -0.39 is 11.7 Å². The number of allylic oxidation sites excluding steroid dienone is 1. The van der Waals surface area contributed by atoms with Crippen LogP contribution in [0.1, 0.15) is 29.9 Å². The fourth-order valence-electron chi connectivity index (χ4n) is 3.95. The van der Waals surface area contributed by atoms with Crippen LogP contribution in [0.15, 0.2) is 40.4 Å². The first kappa shape index (κ1) is 19.8. The van der Waals surface area contributed by atoms with Gasteiger partial charge in [0.15, 0.2) is 11.2 Å². The van der Waals surface area contributed by atoms with Crippen LogP contribution in [0.5, 0.6) is 5.75 Å². The standard InChI is InChI=1S/C22H25N5O3/c1-8-13(3)25-20(28)18-19(24(6)22(25)29)23-21-26(14(4)15(5)27(18)21)16-11-12(2)9-10-17(16)30-7/h8-11,13H,1H2,2-7H3/t13-/m0/s1. The molecule has 3 heterocycles. The maximum atomic E-state index is 13.4. The number of methoxy groups -OCH3 is 1. The Bertz CT molecular complexity index is 1450. The number of fused-ring (bicyclic) bond motifs is 3. The zero-order valence-corrected chi connectivity index (χ0v) is 18.1. The largest absolute Gasteiger partial charge is 0.495 e. The fraction of sp³-hybridized carbons (Fsp3) is 0.318. The van der Waals surface area contributed by atoms with E-state index in [1.807, 2.05) is 47.9 Å². The summed E-state index contributed by atoms with van der Waals surface area (Å²) >= 11 is 0. The molecule has 0 aliphatic carbocycles. The second-order valence-corrected chi connectivity index (χ2v) is 7.59. The number of rotatable bonds is 4. The minimum atomic E-state index is -0.438. The number of benzene rings is 1. The number of hydrogen-bond acceptors (Lipinski definition) is 4. The first-order valence-electron chi connectivity index (χ1n) is 9.72. The molecule has 0 radical (unpaired) electrons. The van der Waals surface area contributed by atoms with Gasteiger partial charge in [-0.1, -0.05) is 12.1 Å². The fourth-order valence-corrected chi connectivity index (χ4v) is 3.95. The molecule has 8 heteroatoms. The molecule has 0 spiro atoms. The highest BCUT2D eigenvalue weighted by molar-refractivity contribution is 5.77. The summed E-state index contributed by atoms with van der Waals surface area (Å²) in [5.41, 5.74) is 3.60. The molecule has 0 aliphatic heterocycles. The molecule has 0 aliphatic rings. The Morgan fingerprint density at radius 3 is 2.50 bits per heavy atom. The average molecular weight is 407 g/mol. The Morgan fingerprint density at radius 2 is 1.87 bits per heavy atom. The van der Waals surface area contributed by atoms with E-state index in [2.05, 4.69) is 6.58 Å². The predicted octanol–water partition coefficient (Wildman–Crippen LogP) is 2.82. The van der Waals surface area contributed by atoms with E-state index in [1.165, 1.54) is 9.13 Å². The third kappa shape index (κ3) is 2.49. The molecule has 4 aromatic rings. The molecule has 0 saturated carbocycles. The van der Waals surface area contributed by atoms with Gasteiger partial charge in [-0.15, -0.1) is 6.58 Å². The summed E-state index contributed by atoms with van der Waals surface area (Å²) in [5.74, 6) is 1.25. The maximum absolute atomic E-state index is 13.4. The van der Waals surface area contributed by atoms with Crippen molar-refractivity contribution in [2.24, 2.45) is 7.05 Å². The van der Waals surface area contributed by atoms with Crippen molar-refractivity contribution in [3.63, 3.8) is 0 Å². The molecule has 0 unspecified atom stereocenters. The Balaban J connectivity index is 2.24. The molecule has 3 aromatic heterocycles. The number of aromatic nitrogens is 5. The number of hydrogen-bond donors (Lipinski definition) is 0. The van der Waals surface area contributed by atoms with E-state index in [1.54, 1.807) is 27.2 Å². The Kier molecular flexibility index (Phi) is 4.45. The lowest BCUT2D eigenvalue weighted by molar-refractivity contribution is 0.413. The molecule has 0 fully saturated rings. The topological polar surface area (TPSA) is 75.5 Å². The summed E-state index contributed by atoms with van der Waals surface area (Å²) in [6.07, 6.45) is 1.58. The van der Waals surface area contributed by atoms with E-state index in [0.717, 1.165) is 22.6 Å². The van der Waals surface area contributed by atoms with E-state index in [-0.39, 0.29) is 5.56 Å². The molecule has 4 rings (SSSR count). The van der Waals surface area contributed by atoms with E-state index in [0.29, 0.717) is 22.7 Å². The molecular formula is C22H25N5O3. The molecule has 156 valence electrons. The highest BCUT2D eigenvalue weighted by atomic mass is 16.5. The van der Waals surface area contributed by atoms with Crippen LogP contribution in [-0.2, 0) is 7.05 Å². The monoisotopic (exact) mass is 407 g/mol. The minimum absolute atomic E-state index is 0.344. The summed E-state index contributed by atoms with van der Waals surface area (Å²) in [4.78, 5) is 30.9. The lowest BCUT2D eigenvalue weighted by Gasteiger charge is -2.13. The van der Waals surface area contributed by atoms with Crippen LogP contribution < -0.4 is 16.0 Å². The van der Waals surface area contributed by atoms with E-state index in [4.69, 9.17) is 9.72 Å². The van der Waals surface area contributed by atoms with Gasteiger partial charge in [0.25, 0.3) is 5.56 Å². The molecule has 1 atom stereocenters. The second-order valence-electron chi connectivity index (χ2n) is 7.59. The van der Waals surface area contributed by atoms with Crippen molar-refractivity contribution in [3.05, 3.63) is 68.6 Å².